The van der Waals surface area contributed by atoms with Crippen LogP contribution in [0.5, 0.6) is 0 Å². The standard InChI is InChI=1S/C14H30/c1-7-8-9-10-12(4)14(6)13(5)11(2)3/h11-14H,7-10H2,1-6H3. The lowest BCUT2D eigenvalue weighted by Crippen LogP contribution is -2.20. The first kappa shape index (κ1) is 14.0. The minimum atomic E-state index is 0.832. The van der Waals surface area contributed by atoms with Crippen LogP contribution >= 0.6 is 0 Å². The summed E-state index contributed by atoms with van der Waals surface area (Å²) in [5.41, 5.74) is 0. The molecule has 0 aromatic rings. The van der Waals surface area contributed by atoms with Gasteiger partial charge in [-0.25, -0.2) is 0 Å². The molecule has 0 fully saturated rings. The summed E-state index contributed by atoms with van der Waals surface area (Å²) in [6, 6.07) is 0. The molecule has 0 saturated heterocycles. The highest BCUT2D eigenvalue weighted by molar-refractivity contribution is 4.70. The van der Waals surface area contributed by atoms with Crippen LogP contribution in [-0.4, -0.2) is 0 Å². The maximum absolute atomic E-state index is 2.43. The van der Waals surface area contributed by atoms with E-state index in [1.54, 1.807) is 0 Å². The van der Waals surface area contributed by atoms with Gasteiger partial charge in [-0.3, -0.25) is 0 Å². The van der Waals surface area contributed by atoms with Crippen LogP contribution in [0.2, 0.25) is 0 Å². The summed E-state index contributed by atoms with van der Waals surface area (Å²) in [4.78, 5) is 0. The molecule has 0 nitrogen and oxygen atoms in total. The van der Waals surface area contributed by atoms with Gasteiger partial charge < -0.3 is 0 Å². The third-order valence-corrected chi connectivity index (χ3v) is 4.04. The van der Waals surface area contributed by atoms with Crippen LogP contribution in [0.4, 0.5) is 0 Å². The van der Waals surface area contributed by atoms with Gasteiger partial charge in [0.15, 0.2) is 0 Å². The van der Waals surface area contributed by atoms with Crippen molar-refractivity contribution >= 4 is 0 Å². The molecule has 0 aliphatic rings. The van der Waals surface area contributed by atoms with Gasteiger partial charge in [-0.1, -0.05) is 67.2 Å². The Morgan fingerprint density at radius 1 is 0.786 bits per heavy atom. The Hall–Kier alpha value is 0. The first-order chi connectivity index (χ1) is 6.50. The summed E-state index contributed by atoms with van der Waals surface area (Å²) in [5.74, 6) is 3.48. The topological polar surface area (TPSA) is 0 Å². The second kappa shape index (κ2) is 7.31. The highest BCUT2D eigenvalue weighted by Gasteiger charge is 2.20. The molecule has 0 radical (unpaired) electrons. The lowest BCUT2D eigenvalue weighted by Gasteiger charge is -2.29. The molecule has 0 heterocycles. The van der Waals surface area contributed by atoms with Crippen molar-refractivity contribution in [2.45, 2.75) is 67.2 Å². The highest BCUT2D eigenvalue weighted by Crippen LogP contribution is 2.29. The van der Waals surface area contributed by atoms with Gasteiger partial charge in [0.1, 0.15) is 0 Å². The van der Waals surface area contributed by atoms with Crippen molar-refractivity contribution in [3.05, 3.63) is 0 Å². The van der Waals surface area contributed by atoms with Crippen LogP contribution in [0.3, 0.4) is 0 Å². The van der Waals surface area contributed by atoms with Gasteiger partial charge in [-0.05, 0) is 23.7 Å². The average Bonchev–Trinajstić information content (AvgIpc) is 2.15. The molecule has 0 aliphatic heterocycles. The van der Waals surface area contributed by atoms with Crippen LogP contribution < -0.4 is 0 Å². The molecule has 0 spiro atoms. The van der Waals surface area contributed by atoms with Crippen LogP contribution in [0.25, 0.3) is 0 Å². The Kier molecular flexibility index (Phi) is 7.31. The van der Waals surface area contributed by atoms with E-state index in [2.05, 4.69) is 41.5 Å². The number of rotatable bonds is 7. The number of hydrogen-bond donors (Lipinski definition) is 0. The van der Waals surface area contributed by atoms with Gasteiger partial charge in [-0.15, -0.1) is 0 Å². The van der Waals surface area contributed by atoms with Crippen molar-refractivity contribution < 1.29 is 0 Å². The Morgan fingerprint density at radius 2 is 1.36 bits per heavy atom. The zero-order chi connectivity index (χ0) is 11.1. The Bertz CT molecular complexity index is 126. The highest BCUT2D eigenvalue weighted by atomic mass is 14.3. The molecule has 3 unspecified atom stereocenters. The molecule has 0 heteroatoms. The van der Waals surface area contributed by atoms with Crippen molar-refractivity contribution in [2.24, 2.45) is 23.7 Å². The Labute approximate surface area is 91.5 Å². The molecule has 0 aliphatic carbocycles. The third-order valence-electron chi connectivity index (χ3n) is 4.04. The van der Waals surface area contributed by atoms with E-state index in [1.165, 1.54) is 25.7 Å². The van der Waals surface area contributed by atoms with E-state index in [-0.39, 0.29) is 0 Å². The summed E-state index contributed by atoms with van der Waals surface area (Å²) in [6.45, 7) is 14.2. The fourth-order valence-electron chi connectivity index (χ4n) is 2.10. The monoisotopic (exact) mass is 198 g/mol. The Balaban J connectivity index is 3.80. The minimum absolute atomic E-state index is 0.832. The van der Waals surface area contributed by atoms with Gasteiger partial charge in [0.05, 0.1) is 0 Å². The fourth-order valence-corrected chi connectivity index (χ4v) is 2.10. The quantitative estimate of drug-likeness (QED) is 0.497. The van der Waals surface area contributed by atoms with Crippen molar-refractivity contribution in [1.29, 1.82) is 0 Å². The predicted octanol–water partition coefficient (Wildman–Crippen LogP) is 5.13. The smallest absolute Gasteiger partial charge is 0.0389 e. The molecule has 14 heavy (non-hydrogen) atoms. The first-order valence-electron chi connectivity index (χ1n) is 6.50. The fraction of sp³-hybridized carbons (Fsp3) is 1.00. The average molecular weight is 198 g/mol. The van der Waals surface area contributed by atoms with E-state index in [0.29, 0.717) is 0 Å². The molecule has 0 N–H and O–H groups in total. The molecular weight excluding hydrogens is 168 g/mol. The van der Waals surface area contributed by atoms with Crippen molar-refractivity contribution in [3.63, 3.8) is 0 Å². The number of hydrogen-bond acceptors (Lipinski definition) is 0. The van der Waals surface area contributed by atoms with E-state index in [9.17, 15) is 0 Å². The van der Waals surface area contributed by atoms with Gasteiger partial charge >= 0.3 is 0 Å². The van der Waals surface area contributed by atoms with Gasteiger partial charge in [0.2, 0.25) is 0 Å². The van der Waals surface area contributed by atoms with Crippen LogP contribution in [-0.2, 0) is 0 Å². The largest absolute Gasteiger partial charge is 0.0654 e. The first-order valence-corrected chi connectivity index (χ1v) is 6.50. The lowest BCUT2D eigenvalue weighted by molar-refractivity contribution is 0.211. The summed E-state index contributed by atoms with van der Waals surface area (Å²) >= 11 is 0. The SMILES string of the molecule is CCCCCC(C)C(C)C(C)C(C)C. The second-order valence-electron chi connectivity index (χ2n) is 5.44. The second-order valence-corrected chi connectivity index (χ2v) is 5.44. The maximum Gasteiger partial charge on any atom is -0.0389 e. The van der Waals surface area contributed by atoms with Crippen molar-refractivity contribution in [3.8, 4) is 0 Å². The van der Waals surface area contributed by atoms with E-state index in [4.69, 9.17) is 0 Å². The van der Waals surface area contributed by atoms with Crippen molar-refractivity contribution in [2.75, 3.05) is 0 Å². The van der Waals surface area contributed by atoms with Gasteiger partial charge in [-0.2, -0.15) is 0 Å². The Morgan fingerprint density at radius 3 is 1.79 bits per heavy atom. The molecule has 0 bridgehead atoms. The normalized spacial score (nSPS) is 18.2. The number of unbranched alkanes of at least 4 members (excludes halogenated alkanes) is 2. The summed E-state index contributed by atoms with van der Waals surface area (Å²) in [7, 11) is 0. The van der Waals surface area contributed by atoms with Crippen LogP contribution in [0.1, 0.15) is 67.2 Å². The zero-order valence-electron chi connectivity index (χ0n) is 11.1. The van der Waals surface area contributed by atoms with E-state index in [1.807, 2.05) is 0 Å². The van der Waals surface area contributed by atoms with E-state index < -0.39 is 0 Å². The molecule has 0 rings (SSSR count). The summed E-state index contributed by atoms with van der Waals surface area (Å²) < 4.78 is 0. The summed E-state index contributed by atoms with van der Waals surface area (Å²) in [5, 5.41) is 0. The predicted molar refractivity (Wildman–Crippen MR) is 66.5 cm³/mol. The van der Waals surface area contributed by atoms with Crippen molar-refractivity contribution in [1.82, 2.24) is 0 Å². The molecule has 0 saturated carbocycles. The molecule has 0 aromatic heterocycles. The molecular formula is C14H30. The van der Waals surface area contributed by atoms with Gasteiger partial charge in [0.25, 0.3) is 0 Å². The zero-order valence-corrected chi connectivity index (χ0v) is 11.1. The lowest BCUT2D eigenvalue weighted by atomic mass is 9.77. The van der Waals surface area contributed by atoms with Gasteiger partial charge in [0, 0.05) is 0 Å². The minimum Gasteiger partial charge on any atom is -0.0654 e. The maximum atomic E-state index is 2.43. The van der Waals surface area contributed by atoms with Crippen LogP contribution in [0.15, 0.2) is 0 Å². The van der Waals surface area contributed by atoms with E-state index >= 15 is 0 Å². The molecule has 3 atom stereocenters. The van der Waals surface area contributed by atoms with Crippen LogP contribution in [0, 0.1) is 23.7 Å². The molecule has 86 valence electrons. The third kappa shape index (κ3) is 5.02. The molecule has 0 amide bonds. The summed E-state index contributed by atoms with van der Waals surface area (Å²) in [6.07, 6.45) is 5.60. The molecule has 0 aromatic carbocycles. The van der Waals surface area contributed by atoms with E-state index in [0.717, 1.165) is 23.7 Å².